The summed E-state index contributed by atoms with van der Waals surface area (Å²) in [6.45, 7) is 3.41. The molecule has 1 atom stereocenters. The van der Waals surface area contributed by atoms with E-state index in [2.05, 4.69) is 32.8 Å². The number of nitrogens with two attached hydrogens (primary N) is 1. The first-order chi connectivity index (χ1) is 16.5. The van der Waals surface area contributed by atoms with Crippen molar-refractivity contribution < 1.29 is 9.59 Å². The van der Waals surface area contributed by atoms with E-state index in [4.69, 9.17) is 5.73 Å². The van der Waals surface area contributed by atoms with Crippen LogP contribution in [0.25, 0.3) is 0 Å². The lowest BCUT2D eigenvalue weighted by Gasteiger charge is -2.22. The second-order valence-corrected chi connectivity index (χ2v) is 8.30. The molecule has 0 spiro atoms. The number of primary amides is 1. The molecule has 1 aliphatic rings. The van der Waals surface area contributed by atoms with E-state index < -0.39 is 5.91 Å². The number of hydrogen-bond donors (Lipinski definition) is 4. The molecule has 9 nitrogen and oxygen atoms in total. The van der Waals surface area contributed by atoms with E-state index in [1.54, 1.807) is 0 Å². The maximum absolute atomic E-state index is 12.6. The highest BCUT2D eigenvalue weighted by Crippen LogP contribution is 2.22. The molecule has 0 aliphatic carbocycles. The van der Waals surface area contributed by atoms with Gasteiger partial charge in [-0.15, -0.1) is 0 Å². The molecule has 0 saturated carbocycles. The molecule has 176 valence electrons. The van der Waals surface area contributed by atoms with Crippen LogP contribution >= 0.6 is 0 Å². The van der Waals surface area contributed by atoms with E-state index in [9.17, 15) is 9.59 Å². The molecule has 3 aromatic rings. The van der Waals surface area contributed by atoms with Crippen LogP contribution in [-0.2, 0) is 6.42 Å². The number of hydrogen-bond acceptors (Lipinski definition) is 6. The zero-order valence-corrected chi connectivity index (χ0v) is 19.1. The first-order valence-corrected chi connectivity index (χ1v) is 11.4. The number of urea groups is 1. The highest BCUT2D eigenvalue weighted by molar-refractivity contribution is 5.97. The number of carbonyl (C=O) groups is 2. The fraction of sp³-hybridized carbons (Fsp3) is 0.280. The Morgan fingerprint density at radius 3 is 2.65 bits per heavy atom. The SMILES string of the molecule is C[C@@H]1CCCN1C(=O)Nc1cccc(Nc2ncc(C(N)=O)c(NCCc3ccccc3)n2)c1. The van der Waals surface area contributed by atoms with Crippen molar-refractivity contribution in [3.63, 3.8) is 0 Å². The summed E-state index contributed by atoms with van der Waals surface area (Å²) in [5.41, 5.74) is 8.27. The topological polar surface area (TPSA) is 125 Å². The van der Waals surface area contributed by atoms with Crippen LogP contribution in [0.1, 0.15) is 35.7 Å². The van der Waals surface area contributed by atoms with Gasteiger partial charge in [-0.3, -0.25) is 4.79 Å². The van der Waals surface area contributed by atoms with E-state index in [1.807, 2.05) is 59.5 Å². The van der Waals surface area contributed by atoms with Crippen molar-refractivity contribution in [3.05, 3.63) is 71.9 Å². The standard InChI is InChI=1S/C25H29N7O2/c1-17-7-6-14-32(17)25(34)30-20-11-5-10-19(15-20)29-24-28-16-21(22(26)33)23(31-24)27-13-12-18-8-3-2-4-9-18/h2-5,8-11,15-17H,6-7,12-14H2,1H3,(H2,26,33)(H,30,34)(H2,27,28,29,31)/t17-/m1/s1. The summed E-state index contributed by atoms with van der Waals surface area (Å²) >= 11 is 0. The summed E-state index contributed by atoms with van der Waals surface area (Å²) in [7, 11) is 0. The van der Waals surface area contributed by atoms with Gasteiger partial charge in [0, 0.05) is 36.7 Å². The summed E-state index contributed by atoms with van der Waals surface area (Å²) in [5.74, 6) is 0.0758. The molecule has 2 aromatic carbocycles. The zero-order chi connectivity index (χ0) is 23.9. The molecular formula is C25H29N7O2. The number of carbonyl (C=O) groups excluding carboxylic acids is 2. The highest BCUT2D eigenvalue weighted by Gasteiger charge is 2.25. The van der Waals surface area contributed by atoms with Crippen LogP contribution in [0.5, 0.6) is 0 Å². The van der Waals surface area contributed by atoms with E-state index >= 15 is 0 Å². The molecule has 1 aliphatic heterocycles. The zero-order valence-electron chi connectivity index (χ0n) is 19.1. The molecular weight excluding hydrogens is 430 g/mol. The van der Waals surface area contributed by atoms with Crippen LogP contribution < -0.4 is 21.7 Å². The van der Waals surface area contributed by atoms with Gasteiger partial charge < -0.3 is 26.6 Å². The van der Waals surface area contributed by atoms with Gasteiger partial charge in [-0.2, -0.15) is 4.98 Å². The maximum Gasteiger partial charge on any atom is 0.322 e. The molecule has 0 unspecified atom stereocenters. The third kappa shape index (κ3) is 5.80. The van der Waals surface area contributed by atoms with Gasteiger partial charge >= 0.3 is 6.03 Å². The molecule has 1 saturated heterocycles. The highest BCUT2D eigenvalue weighted by atomic mass is 16.2. The number of anilines is 4. The number of aromatic nitrogens is 2. The lowest BCUT2D eigenvalue weighted by molar-refractivity contribution is 0.100. The van der Waals surface area contributed by atoms with Gasteiger partial charge in [0.25, 0.3) is 5.91 Å². The third-order valence-corrected chi connectivity index (χ3v) is 5.79. The number of nitrogens with zero attached hydrogens (tertiary/aromatic N) is 3. The second kappa shape index (κ2) is 10.7. The van der Waals surface area contributed by atoms with Crippen LogP contribution in [0.2, 0.25) is 0 Å². The van der Waals surface area contributed by atoms with Gasteiger partial charge in [-0.25, -0.2) is 9.78 Å². The van der Waals surface area contributed by atoms with Crippen LogP contribution in [0.4, 0.5) is 27.9 Å². The molecule has 2 heterocycles. The molecule has 3 amide bonds. The first kappa shape index (κ1) is 23.0. The molecule has 1 fully saturated rings. The van der Waals surface area contributed by atoms with Crippen molar-refractivity contribution in [2.75, 3.05) is 29.0 Å². The molecule has 9 heteroatoms. The largest absolute Gasteiger partial charge is 0.369 e. The van der Waals surface area contributed by atoms with E-state index in [0.717, 1.165) is 25.8 Å². The van der Waals surface area contributed by atoms with Crippen LogP contribution in [0.15, 0.2) is 60.8 Å². The predicted octanol–water partition coefficient (Wildman–Crippen LogP) is 3.99. The lowest BCUT2D eigenvalue weighted by Crippen LogP contribution is -2.37. The van der Waals surface area contributed by atoms with Gasteiger partial charge in [0.05, 0.1) is 5.56 Å². The van der Waals surface area contributed by atoms with Gasteiger partial charge in [0.15, 0.2) is 0 Å². The Morgan fingerprint density at radius 1 is 1.12 bits per heavy atom. The number of rotatable bonds is 8. The summed E-state index contributed by atoms with van der Waals surface area (Å²) in [6.07, 6.45) is 4.22. The van der Waals surface area contributed by atoms with Crippen molar-refractivity contribution in [3.8, 4) is 0 Å². The normalized spacial score (nSPS) is 15.1. The van der Waals surface area contributed by atoms with Crippen molar-refractivity contribution in [2.24, 2.45) is 5.73 Å². The Morgan fingerprint density at radius 2 is 1.91 bits per heavy atom. The van der Waals surface area contributed by atoms with Crippen LogP contribution in [0, 0.1) is 0 Å². The average molecular weight is 460 g/mol. The van der Waals surface area contributed by atoms with Gasteiger partial charge in [0.2, 0.25) is 5.95 Å². The average Bonchev–Trinajstić information content (AvgIpc) is 3.26. The first-order valence-electron chi connectivity index (χ1n) is 11.4. The fourth-order valence-corrected chi connectivity index (χ4v) is 3.96. The van der Waals surface area contributed by atoms with E-state index in [0.29, 0.717) is 29.7 Å². The van der Waals surface area contributed by atoms with E-state index in [-0.39, 0.29) is 17.6 Å². The summed E-state index contributed by atoms with van der Waals surface area (Å²) in [4.78, 5) is 34.9. The van der Waals surface area contributed by atoms with Crippen molar-refractivity contribution in [1.82, 2.24) is 14.9 Å². The lowest BCUT2D eigenvalue weighted by atomic mass is 10.1. The Labute approximate surface area is 198 Å². The number of likely N-dealkylation sites (tertiary alicyclic amines) is 1. The summed E-state index contributed by atoms with van der Waals surface area (Å²) in [5, 5.41) is 9.27. The molecule has 1 aromatic heterocycles. The number of nitrogens with one attached hydrogen (secondary N) is 3. The van der Waals surface area contributed by atoms with Gasteiger partial charge in [0.1, 0.15) is 5.82 Å². The molecule has 0 bridgehead atoms. The van der Waals surface area contributed by atoms with Crippen LogP contribution in [-0.4, -0.2) is 45.9 Å². The molecule has 0 radical (unpaired) electrons. The molecule has 4 rings (SSSR count). The molecule has 34 heavy (non-hydrogen) atoms. The van der Waals surface area contributed by atoms with Gasteiger partial charge in [-0.1, -0.05) is 36.4 Å². The number of amides is 3. The Hall–Kier alpha value is -4.14. The Balaban J connectivity index is 1.43. The van der Waals surface area contributed by atoms with Crippen LogP contribution in [0.3, 0.4) is 0 Å². The minimum Gasteiger partial charge on any atom is -0.369 e. The van der Waals surface area contributed by atoms with Crippen molar-refractivity contribution in [2.45, 2.75) is 32.2 Å². The Bertz CT molecular complexity index is 1150. The van der Waals surface area contributed by atoms with Crippen molar-refractivity contribution in [1.29, 1.82) is 0 Å². The number of benzene rings is 2. The monoisotopic (exact) mass is 459 g/mol. The molecule has 5 N–H and O–H groups in total. The minimum absolute atomic E-state index is 0.103. The second-order valence-electron chi connectivity index (χ2n) is 8.30. The smallest absolute Gasteiger partial charge is 0.322 e. The summed E-state index contributed by atoms with van der Waals surface area (Å²) < 4.78 is 0. The predicted molar refractivity (Wildman–Crippen MR) is 133 cm³/mol. The van der Waals surface area contributed by atoms with E-state index in [1.165, 1.54) is 11.8 Å². The third-order valence-electron chi connectivity index (χ3n) is 5.79. The quantitative estimate of drug-likeness (QED) is 0.404. The summed E-state index contributed by atoms with van der Waals surface area (Å²) in [6, 6.07) is 17.5. The maximum atomic E-state index is 12.6. The minimum atomic E-state index is -0.602. The fourth-order valence-electron chi connectivity index (χ4n) is 3.96. The van der Waals surface area contributed by atoms with Crippen molar-refractivity contribution >= 4 is 35.1 Å². The van der Waals surface area contributed by atoms with Gasteiger partial charge in [-0.05, 0) is 49.9 Å². The Kier molecular flexibility index (Phi) is 7.22.